The van der Waals surface area contributed by atoms with E-state index in [4.69, 9.17) is 0 Å². The highest BCUT2D eigenvalue weighted by Gasteiger charge is 2.13. The first-order valence-corrected chi connectivity index (χ1v) is 7.69. The monoisotopic (exact) mass is 315 g/mol. The summed E-state index contributed by atoms with van der Waals surface area (Å²) >= 11 is 0. The molecule has 0 radical (unpaired) electrons. The Morgan fingerprint density at radius 2 is 2.00 bits per heavy atom. The van der Waals surface area contributed by atoms with Crippen molar-refractivity contribution >= 4 is 5.91 Å². The van der Waals surface area contributed by atoms with Gasteiger partial charge in [-0.05, 0) is 32.2 Å². The number of nitrogens with one attached hydrogen (secondary N) is 1. The van der Waals surface area contributed by atoms with Crippen LogP contribution in [0.25, 0.3) is 0 Å². The van der Waals surface area contributed by atoms with Gasteiger partial charge in [-0.1, -0.05) is 24.3 Å². The van der Waals surface area contributed by atoms with Crippen molar-refractivity contribution in [3.05, 3.63) is 65.7 Å². The lowest BCUT2D eigenvalue weighted by Gasteiger charge is -2.23. The molecule has 1 aromatic heterocycles. The molecule has 0 bridgehead atoms. The van der Waals surface area contributed by atoms with Crippen LogP contribution >= 0.6 is 0 Å². The number of hydrogen-bond acceptors (Lipinski definition) is 3. The standard InChI is InChI=1S/C18H22FN3O/c1-14(17-9-5-6-11-20-17)22(2)12-10-18(23)21-13-15-7-3-4-8-16(15)19/h3-9,11,14H,10,12-13H2,1-2H3,(H,21,23)/t14-/m1/s1. The predicted octanol–water partition coefficient (Wildman–Crippen LogP) is 2.92. The molecule has 1 amide bonds. The van der Waals surface area contributed by atoms with Gasteiger partial charge in [-0.2, -0.15) is 0 Å². The topological polar surface area (TPSA) is 45.2 Å². The Kier molecular flexibility index (Phi) is 6.23. The van der Waals surface area contributed by atoms with Crippen molar-refractivity contribution in [2.45, 2.75) is 25.9 Å². The molecule has 0 aliphatic rings. The summed E-state index contributed by atoms with van der Waals surface area (Å²) in [6.45, 7) is 2.88. The summed E-state index contributed by atoms with van der Waals surface area (Å²) in [5.74, 6) is -0.387. The number of nitrogens with zero attached hydrogens (tertiary/aromatic N) is 2. The van der Waals surface area contributed by atoms with E-state index in [0.717, 1.165) is 5.69 Å². The maximum Gasteiger partial charge on any atom is 0.221 e. The summed E-state index contributed by atoms with van der Waals surface area (Å²) in [6, 6.07) is 12.4. The van der Waals surface area contributed by atoms with Crippen LogP contribution in [0.5, 0.6) is 0 Å². The molecule has 23 heavy (non-hydrogen) atoms. The van der Waals surface area contributed by atoms with Crippen LogP contribution < -0.4 is 5.32 Å². The second-order valence-electron chi connectivity index (χ2n) is 5.53. The van der Waals surface area contributed by atoms with Crippen LogP contribution in [0.4, 0.5) is 4.39 Å². The molecule has 2 aromatic rings. The minimum atomic E-state index is -0.298. The van der Waals surface area contributed by atoms with Gasteiger partial charge in [-0.15, -0.1) is 0 Å². The molecule has 5 heteroatoms. The van der Waals surface area contributed by atoms with Gasteiger partial charge in [0.05, 0.1) is 5.69 Å². The Hall–Kier alpha value is -2.27. The zero-order valence-corrected chi connectivity index (χ0v) is 13.5. The van der Waals surface area contributed by atoms with Crippen LogP contribution in [0.15, 0.2) is 48.7 Å². The number of benzene rings is 1. The molecule has 0 saturated heterocycles. The molecule has 4 nitrogen and oxygen atoms in total. The van der Waals surface area contributed by atoms with Gasteiger partial charge in [0.25, 0.3) is 0 Å². The molecule has 0 fully saturated rings. The molecule has 1 N–H and O–H groups in total. The van der Waals surface area contributed by atoms with Crippen LogP contribution in [0, 0.1) is 5.82 Å². The number of pyridine rings is 1. The Morgan fingerprint density at radius 1 is 1.26 bits per heavy atom. The Morgan fingerprint density at radius 3 is 2.70 bits per heavy atom. The first-order chi connectivity index (χ1) is 11.1. The van der Waals surface area contributed by atoms with Gasteiger partial charge < -0.3 is 5.32 Å². The van der Waals surface area contributed by atoms with Gasteiger partial charge in [0.15, 0.2) is 0 Å². The van der Waals surface area contributed by atoms with Crippen molar-refractivity contribution in [1.29, 1.82) is 0 Å². The van der Waals surface area contributed by atoms with Gasteiger partial charge >= 0.3 is 0 Å². The average molecular weight is 315 g/mol. The smallest absolute Gasteiger partial charge is 0.221 e. The first-order valence-electron chi connectivity index (χ1n) is 7.69. The number of halogens is 1. The Labute approximate surface area is 136 Å². The third kappa shape index (κ3) is 5.14. The molecular formula is C18H22FN3O. The largest absolute Gasteiger partial charge is 0.352 e. The molecule has 0 unspecified atom stereocenters. The molecule has 1 heterocycles. The highest BCUT2D eigenvalue weighted by Crippen LogP contribution is 2.15. The summed E-state index contributed by atoms with van der Waals surface area (Å²) in [7, 11) is 1.96. The zero-order chi connectivity index (χ0) is 16.7. The summed E-state index contributed by atoms with van der Waals surface area (Å²) in [4.78, 5) is 18.3. The second-order valence-corrected chi connectivity index (χ2v) is 5.53. The first kappa shape index (κ1) is 17.1. The number of aromatic nitrogens is 1. The Bertz CT molecular complexity index is 633. The number of carbonyl (C=O) groups is 1. The fourth-order valence-electron chi connectivity index (χ4n) is 2.24. The second kappa shape index (κ2) is 8.39. The van der Waals surface area contributed by atoms with Crippen molar-refractivity contribution in [2.75, 3.05) is 13.6 Å². The summed E-state index contributed by atoms with van der Waals surface area (Å²) in [5, 5.41) is 2.75. The lowest BCUT2D eigenvalue weighted by atomic mass is 10.2. The van der Waals surface area contributed by atoms with E-state index >= 15 is 0 Å². The molecule has 0 saturated carbocycles. The van der Waals surface area contributed by atoms with Gasteiger partial charge in [0, 0.05) is 37.3 Å². The Balaban J connectivity index is 1.77. The van der Waals surface area contributed by atoms with E-state index in [2.05, 4.69) is 22.1 Å². The summed E-state index contributed by atoms with van der Waals surface area (Å²) < 4.78 is 13.5. The number of amides is 1. The maximum atomic E-state index is 13.5. The van der Waals surface area contributed by atoms with E-state index in [1.54, 1.807) is 24.4 Å². The molecule has 0 spiro atoms. The quantitative estimate of drug-likeness (QED) is 0.854. The van der Waals surface area contributed by atoms with Gasteiger partial charge in [-0.25, -0.2) is 4.39 Å². The van der Waals surface area contributed by atoms with Crippen molar-refractivity contribution in [3.63, 3.8) is 0 Å². The van der Waals surface area contributed by atoms with Crippen molar-refractivity contribution in [1.82, 2.24) is 15.2 Å². The van der Waals surface area contributed by atoms with Crippen molar-refractivity contribution in [2.24, 2.45) is 0 Å². The van der Waals surface area contributed by atoms with Gasteiger partial charge in [-0.3, -0.25) is 14.7 Å². The van der Waals surface area contributed by atoms with E-state index in [-0.39, 0.29) is 24.3 Å². The average Bonchev–Trinajstić information content (AvgIpc) is 2.59. The van der Waals surface area contributed by atoms with Gasteiger partial charge in [0.1, 0.15) is 5.82 Å². The summed E-state index contributed by atoms with van der Waals surface area (Å²) in [6.07, 6.45) is 2.13. The van der Waals surface area contributed by atoms with Crippen LogP contribution in [0.1, 0.15) is 30.6 Å². The lowest BCUT2D eigenvalue weighted by Crippen LogP contribution is -2.30. The van der Waals surface area contributed by atoms with E-state index in [1.165, 1.54) is 6.07 Å². The minimum absolute atomic E-state index is 0.0895. The predicted molar refractivity (Wildman–Crippen MR) is 88.1 cm³/mol. The highest BCUT2D eigenvalue weighted by atomic mass is 19.1. The third-order valence-corrected chi connectivity index (χ3v) is 3.90. The molecule has 1 atom stereocenters. The van der Waals surface area contributed by atoms with Crippen molar-refractivity contribution < 1.29 is 9.18 Å². The van der Waals surface area contributed by atoms with Crippen LogP contribution in [0.3, 0.4) is 0 Å². The molecule has 122 valence electrons. The van der Waals surface area contributed by atoms with E-state index in [9.17, 15) is 9.18 Å². The van der Waals surface area contributed by atoms with Crippen LogP contribution in [-0.4, -0.2) is 29.4 Å². The normalized spacial score (nSPS) is 12.2. The molecule has 0 aliphatic carbocycles. The fraction of sp³-hybridized carbons (Fsp3) is 0.333. The van der Waals surface area contributed by atoms with E-state index < -0.39 is 0 Å². The molecule has 1 aromatic carbocycles. The van der Waals surface area contributed by atoms with Crippen LogP contribution in [0.2, 0.25) is 0 Å². The third-order valence-electron chi connectivity index (χ3n) is 3.90. The zero-order valence-electron chi connectivity index (χ0n) is 13.5. The van der Waals surface area contributed by atoms with Gasteiger partial charge in [0.2, 0.25) is 5.91 Å². The van der Waals surface area contributed by atoms with Crippen LogP contribution in [-0.2, 0) is 11.3 Å². The maximum absolute atomic E-state index is 13.5. The molecule has 2 rings (SSSR count). The minimum Gasteiger partial charge on any atom is -0.352 e. The highest BCUT2D eigenvalue weighted by molar-refractivity contribution is 5.76. The van der Waals surface area contributed by atoms with E-state index in [0.29, 0.717) is 18.5 Å². The molecular weight excluding hydrogens is 293 g/mol. The SMILES string of the molecule is C[C@H](c1ccccn1)N(C)CCC(=O)NCc1ccccc1F. The fourth-order valence-corrected chi connectivity index (χ4v) is 2.24. The summed E-state index contributed by atoms with van der Waals surface area (Å²) in [5.41, 5.74) is 1.47. The lowest BCUT2D eigenvalue weighted by molar-refractivity contribution is -0.121. The number of hydrogen-bond donors (Lipinski definition) is 1. The number of carbonyl (C=O) groups excluding carboxylic acids is 1. The molecule has 0 aliphatic heterocycles. The van der Waals surface area contributed by atoms with Crippen molar-refractivity contribution in [3.8, 4) is 0 Å². The number of rotatable bonds is 7. The van der Waals surface area contributed by atoms with E-state index in [1.807, 2.05) is 25.2 Å².